The van der Waals surface area contributed by atoms with Crippen LogP contribution in [-0.4, -0.2) is 41.3 Å². The number of rotatable bonds is 2. The van der Waals surface area contributed by atoms with E-state index in [1.807, 2.05) is 0 Å². The van der Waals surface area contributed by atoms with E-state index in [2.05, 4.69) is 9.89 Å². The van der Waals surface area contributed by atoms with Gasteiger partial charge in [-0.1, -0.05) is 12.1 Å². The standard InChI is InChI=1S/C16H18N2O3S/c1-21-12-7-5-6-11(14(12)19)10-13-15(20)17-16(22-13)18-8-3-2-4-9-18/h5-7,10,19H,2-4,8-9H2,1H3. The fourth-order valence-corrected chi connectivity index (χ4v) is 3.54. The molecule has 0 spiro atoms. The SMILES string of the molecule is COc1cccc(C=C2SC(N3CCCCC3)=NC2=O)c1O. The highest BCUT2D eigenvalue weighted by molar-refractivity contribution is 8.18. The van der Waals surface area contributed by atoms with Crippen molar-refractivity contribution in [2.75, 3.05) is 20.2 Å². The number of nitrogens with zero attached hydrogens (tertiary/aromatic N) is 2. The maximum atomic E-state index is 12.1. The van der Waals surface area contributed by atoms with Gasteiger partial charge in [-0.15, -0.1) is 0 Å². The van der Waals surface area contributed by atoms with Gasteiger partial charge in [0.05, 0.1) is 12.0 Å². The Morgan fingerprint density at radius 2 is 2.09 bits per heavy atom. The zero-order valence-corrected chi connectivity index (χ0v) is 13.2. The summed E-state index contributed by atoms with van der Waals surface area (Å²) in [7, 11) is 1.50. The quantitative estimate of drug-likeness (QED) is 0.850. The molecule has 1 aromatic rings. The number of methoxy groups -OCH3 is 1. The highest BCUT2D eigenvalue weighted by Gasteiger charge is 2.27. The van der Waals surface area contributed by atoms with Crippen molar-refractivity contribution in [3.63, 3.8) is 0 Å². The Morgan fingerprint density at radius 3 is 2.82 bits per heavy atom. The van der Waals surface area contributed by atoms with Gasteiger partial charge in [-0.25, -0.2) is 0 Å². The van der Waals surface area contributed by atoms with E-state index >= 15 is 0 Å². The van der Waals surface area contributed by atoms with Crippen LogP contribution in [0.3, 0.4) is 0 Å². The predicted octanol–water partition coefficient (Wildman–Crippen LogP) is 2.86. The average Bonchev–Trinajstić information content (AvgIpc) is 2.91. The van der Waals surface area contributed by atoms with Crippen LogP contribution < -0.4 is 4.74 Å². The van der Waals surface area contributed by atoms with Crippen molar-refractivity contribution >= 4 is 28.9 Å². The lowest BCUT2D eigenvalue weighted by Crippen LogP contribution is -2.33. The fourth-order valence-electron chi connectivity index (χ4n) is 2.58. The number of hydrogen-bond donors (Lipinski definition) is 1. The van der Waals surface area contributed by atoms with Crippen molar-refractivity contribution < 1.29 is 14.6 Å². The molecule has 2 heterocycles. The highest BCUT2D eigenvalue weighted by Crippen LogP contribution is 2.35. The highest BCUT2D eigenvalue weighted by atomic mass is 32.2. The monoisotopic (exact) mass is 318 g/mol. The normalized spacial score (nSPS) is 20.4. The molecular weight excluding hydrogens is 300 g/mol. The number of phenolic OH excluding ortho intramolecular Hbond substituents is 1. The number of para-hydroxylation sites is 1. The van der Waals surface area contributed by atoms with E-state index in [4.69, 9.17) is 4.74 Å². The van der Waals surface area contributed by atoms with Gasteiger partial charge >= 0.3 is 0 Å². The van der Waals surface area contributed by atoms with Crippen LogP contribution >= 0.6 is 11.8 Å². The van der Waals surface area contributed by atoms with Crippen molar-refractivity contribution in [2.45, 2.75) is 19.3 Å². The molecule has 116 valence electrons. The molecule has 22 heavy (non-hydrogen) atoms. The molecule has 0 bridgehead atoms. The zero-order valence-electron chi connectivity index (χ0n) is 12.4. The lowest BCUT2D eigenvalue weighted by Gasteiger charge is -2.27. The third kappa shape index (κ3) is 2.97. The fraction of sp³-hybridized carbons (Fsp3) is 0.375. The Kier molecular flexibility index (Phi) is 4.38. The molecule has 3 rings (SSSR count). The van der Waals surface area contributed by atoms with Crippen LogP contribution in [0.2, 0.25) is 0 Å². The molecule has 0 aliphatic carbocycles. The molecule has 0 aromatic heterocycles. The molecule has 0 radical (unpaired) electrons. The Balaban J connectivity index is 1.81. The van der Waals surface area contributed by atoms with Crippen LogP contribution in [0.5, 0.6) is 11.5 Å². The van der Waals surface area contributed by atoms with Gasteiger partial charge in [0.1, 0.15) is 0 Å². The first kappa shape index (κ1) is 15.0. The second-order valence-electron chi connectivity index (χ2n) is 5.26. The predicted molar refractivity (Wildman–Crippen MR) is 88.1 cm³/mol. The first-order chi connectivity index (χ1) is 10.7. The van der Waals surface area contributed by atoms with Gasteiger partial charge in [0.2, 0.25) is 0 Å². The van der Waals surface area contributed by atoms with E-state index < -0.39 is 0 Å². The van der Waals surface area contributed by atoms with Crippen molar-refractivity contribution in [1.82, 2.24) is 4.90 Å². The molecule has 5 nitrogen and oxygen atoms in total. The number of thioether (sulfide) groups is 1. The minimum atomic E-state index is -0.243. The van der Waals surface area contributed by atoms with E-state index in [0.717, 1.165) is 31.1 Å². The summed E-state index contributed by atoms with van der Waals surface area (Å²) in [6.07, 6.45) is 5.20. The van der Waals surface area contributed by atoms with E-state index in [0.29, 0.717) is 16.2 Å². The maximum Gasteiger partial charge on any atom is 0.286 e. The van der Waals surface area contributed by atoms with Gasteiger partial charge in [0, 0.05) is 18.7 Å². The lowest BCUT2D eigenvalue weighted by atomic mass is 10.1. The summed E-state index contributed by atoms with van der Waals surface area (Å²) in [6.45, 7) is 1.91. The van der Waals surface area contributed by atoms with Crippen LogP contribution in [0.1, 0.15) is 24.8 Å². The number of aromatic hydroxyl groups is 1. The number of carbonyl (C=O) groups is 1. The molecule has 2 aliphatic heterocycles. The van der Waals surface area contributed by atoms with Crippen LogP contribution in [0.4, 0.5) is 0 Å². The van der Waals surface area contributed by atoms with Gasteiger partial charge < -0.3 is 14.7 Å². The van der Waals surface area contributed by atoms with Crippen LogP contribution in [0.25, 0.3) is 6.08 Å². The Labute approximate surface area is 133 Å². The summed E-state index contributed by atoms with van der Waals surface area (Å²) in [5.74, 6) is 0.187. The van der Waals surface area contributed by atoms with Crippen LogP contribution in [-0.2, 0) is 4.79 Å². The van der Waals surface area contributed by atoms with Crippen molar-refractivity contribution in [3.8, 4) is 11.5 Å². The molecule has 1 fully saturated rings. The molecule has 2 aliphatic rings. The van der Waals surface area contributed by atoms with E-state index in [1.54, 1.807) is 24.3 Å². The third-order valence-electron chi connectivity index (χ3n) is 3.77. The number of hydrogen-bond acceptors (Lipinski definition) is 5. The third-order valence-corrected chi connectivity index (χ3v) is 4.82. The topological polar surface area (TPSA) is 62.1 Å². The van der Waals surface area contributed by atoms with Gasteiger partial charge in [-0.3, -0.25) is 4.79 Å². The largest absolute Gasteiger partial charge is 0.504 e. The summed E-state index contributed by atoms with van der Waals surface area (Å²) in [5, 5.41) is 10.9. The second-order valence-corrected chi connectivity index (χ2v) is 6.27. The molecule has 1 amide bonds. The number of aliphatic imine (C=N–C) groups is 1. The smallest absolute Gasteiger partial charge is 0.286 e. The maximum absolute atomic E-state index is 12.1. The lowest BCUT2D eigenvalue weighted by molar-refractivity contribution is -0.113. The van der Waals surface area contributed by atoms with Crippen LogP contribution in [0, 0.1) is 0 Å². The van der Waals surface area contributed by atoms with Gasteiger partial charge in [0.15, 0.2) is 16.7 Å². The molecule has 6 heteroatoms. The summed E-state index contributed by atoms with van der Waals surface area (Å²) >= 11 is 1.38. The Hall–Kier alpha value is -1.95. The molecular formula is C16H18N2O3S. The molecule has 1 N–H and O–H groups in total. The zero-order chi connectivity index (χ0) is 15.5. The first-order valence-electron chi connectivity index (χ1n) is 7.32. The Morgan fingerprint density at radius 1 is 1.32 bits per heavy atom. The number of ether oxygens (including phenoxy) is 1. The molecule has 1 aromatic carbocycles. The second kappa shape index (κ2) is 6.44. The molecule has 0 unspecified atom stereocenters. The van der Waals surface area contributed by atoms with Crippen molar-refractivity contribution in [2.24, 2.45) is 4.99 Å². The van der Waals surface area contributed by atoms with Crippen molar-refractivity contribution in [1.29, 1.82) is 0 Å². The number of phenols is 1. The van der Waals surface area contributed by atoms with Crippen LogP contribution in [0.15, 0.2) is 28.1 Å². The van der Waals surface area contributed by atoms with Gasteiger partial charge in [0.25, 0.3) is 5.91 Å². The summed E-state index contributed by atoms with van der Waals surface area (Å²) < 4.78 is 5.09. The van der Waals surface area contributed by atoms with E-state index in [9.17, 15) is 9.90 Å². The summed E-state index contributed by atoms with van der Waals surface area (Å²) in [4.78, 5) is 18.9. The number of likely N-dealkylation sites (tertiary alicyclic amines) is 1. The summed E-state index contributed by atoms with van der Waals surface area (Å²) in [5.41, 5.74) is 0.560. The number of amides is 1. The van der Waals surface area contributed by atoms with Gasteiger partial charge in [-0.2, -0.15) is 4.99 Å². The number of carbonyl (C=O) groups excluding carboxylic acids is 1. The number of piperidine rings is 1. The molecule has 0 saturated carbocycles. The molecule has 0 atom stereocenters. The summed E-state index contributed by atoms with van der Waals surface area (Å²) in [6, 6.07) is 5.20. The minimum absolute atomic E-state index is 0.0392. The first-order valence-corrected chi connectivity index (χ1v) is 8.14. The van der Waals surface area contributed by atoms with Crippen molar-refractivity contribution in [3.05, 3.63) is 28.7 Å². The van der Waals surface area contributed by atoms with E-state index in [1.165, 1.54) is 25.3 Å². The van der Waals surface area contributed by atoms with E-state index in [-0.39, 0.29) is 11.7 Å². The number of amidine groups is 1. The Bertz CT molecular complexity index is 649. The average molecular weight is 318 g/mol. The molecule has 1 saturated heterocycles. The minimum Gasteiger partial charge on any atom is -0.504 e. The number of benzene rings is 1. The van der Waals surface area contributed by atoms with Gasteiger partial charge in [-0.05, 0) is 43.2 Å².